The lowest BCUT2D eigenvalue weighted by Gasteiger charge is -2.42. The molecular formula is C24H24ClFN4O2. The van der Waals surface area contributed by atoms with E-state index >= 15 is 0 Å². The lowest BCUT2D eigenvalue weighted by atomic mass is 10.00. The van der Waals surface area contributed by atoms with Gasteiger partial charge in [0.05, 0.1) is 28.7 Å². The van der Waals surface area contributed by atoms with Crippen molar-refractivity contribution in [1.29, 1.82) is 0 Å². The lowest BCUT2D eigenvalue weighted by molar-refractivity contribution is -0.126. The molecule has 166 valence electrons. The van der Waals surface area contributed by atoms with Crippen LogP contribution in [0.25, 0.3) is 22.0 Å². The minimum atomic E-state index is -0.560. The Balaban J connectivity index is 1.84. The number of amides is 1. The number of carbonyl (C=O) groups is 1. The summed E-state index contributed by atoms with van der Waals surface area (Å²) in [5.41, 5.74) is 2.79. The number of aromatic nitrogens is 1. The van der Waals surface area contributed by atoms with Crippen LogP contribution in [0.5, 0.6) is 5.75 Å². The normalized spacial score (nSPS) is 16.3. The van der Waals surface area contributed by atoms with Crippen molar-refractivity contribution in [3.05, 3.63) is 60.0 Å². The summed E-state index contributed by atoms with van der Waals surface area (Å²) in [5, 5.41) is 14.5. The van der Waals surface area contributed by atoms with Gasteiger partial charge in [0.15, 0.2) is 0 Å². The Hall–Kier alpha value is -3.32. The van der Waals surface area contributed by atoms with E-state index < -0.39 is 5.82 Å². The van der Waals surface area contributed by atoms with Crippen LogP contribution in [-0.4, -0.2) is 53.6 Å². The highest BCUT2D eigenvalue weighted by Gasteiger charge is 2.29. The van der Waals surface area contributed by atoms with Crippen LogP contribution in [0.3, 0.4) is 0 Å². The number of benzene rings is 2. The van der Waals surface area contributed by atoms with Gasteiger partial charge in [-0.1, -0.05) is 24.2 Å². The zero-order valence-corrected chi connectivity index (χ0v) is 18.7. The Kier molecular flexibility index (Phi) is 5.93. The van der Waals surface area contributed by atoms with Crippen LogP contribution in [0.2, 0.25) is 5.02 Å². The van der Waals surface area contributed by atoms with Crippen LogP contribution in [0.1, 0.15) is 6.92 Å². The molecule has 1 amide bonds. The second-order valence-electron chi connectivity index (χ2n) is 7.78. The number of anilines is 2. The number of nitrogens with one attached hydrogen (secondary N) is 1. The Labute approximate surface area is 190 Å². The van der Waals surface area contributed by atoms with E-state index in [4.69, 9.17) is 11.6 Å². The summed E-state index contributed by atoms with van der Waals surface area (Å²) in [5.74, 6) is -0.827. The van der Waals surface area contributed by atoms with Crippen molar-refractivity contribution >= 4 is 39.8 Å². The van der Waals surface area contributed by atoms with Gasteiger partial charge >= 0.3 is 0 Å². The third-order valence-corrected chi connectivity index (χ3v) is 6.17. The molecule has 0 unspecified atom stereocenters. The highest BCUT2D eigenvalue weighted by Crippen LogP contribution is 2.42. The Morgan fingerprint density at radius 2 is 2.16 bits per heavy atom. The number of nitrogens with zero attached hydrogens (tertiary/aromatic N) is 3. The van der Waals surface area contributed by atoms with Gasteiger partial charge in [-0.25, -0.2) is 4.39 Å². The fourth-order valence-electron chi connectivity index (χ4n) is 4.28. The molecule has 8 heteroatoms. The first kappa shape index (κ1) is 21.9. The third kappa shape index (κ3) is 3.73. The van der Waals surface area contributed by atoms with Gasteiger partial charge in [-0.15, -0.1) is 0 Å². The summed E-state index contributed by atoms with van der Waals surface area (Å²) in [6.45, 7) is 7.39. The fraction of sp³-hybridized carbons (Fsp3) is 0.250. The van der Waals surface area contributed by atoms with Crippen LogP contribution in [0, 0.1) is 5.82 Å². The average molecular weight is 455 g/mol. The maximum absolute atomic E-state index is 14.5. The fourth-order valence-corrected chi connectivity index (χ4v) is 4.54. The molecule has 4 rings (SSSR count). The molecule has 3 aromatic rings. The first-order valence-corrected chi connectivity index (χ1v) is 10.7. The van der Waals surface area contributed by atoms with Gasteiger partial charge in [0.1, 0.15) is 11.6 Å². The number of piperazine rings is 1. The first-order valence-electron chi connectivity index (χ1n) is 10.3. The van der Waals surface area contributed by atoms with Gasteiger partial charge < -0.3 is 20.2 Å². The molecule has 1 aliphatic rings. The quantitative estimate of drug-likeness (QED) is 0.561. The van der Waals surface area contributed by atoms with E-state index in [1.54, 1.807) is 23.2 Å². The largest absolute Gasteiger partial charge is 0.507 e. The lowest BCUT2D eigenvalue weighted by Crippen LogP contribution is -2.53. The van der Waals surface area contributed by atoms with Crippen molar-refractivity contribution in [2.24, 2.45) is 0 Å². The van der Waals surface area contributed by atoms with E-state index in [9.17, 15) is 14.3 Å². The predicted molar refractivity (Wildman–Crippen MR) is 127 cm³/mol. The standard InChI is InChI=1S/C24H24ClFN4O2/c1-4-22(32)29-8-9-30(14(2)13-29)24-16-10-17(25)15(11-19(16)28-12-20(24)27-3)23-18(26)6-5-7-21(23)31/h4-7,10-12,14,27,31H,1,8-9,13H2,2-3H3/t14-/m0/s1. The number of phenolic OH excluding ortho intramolecular Hbond substituents is 1. The van der Waals surface area contributed by atoms with Gasteiger partial charge in [-0.2, -0.15) is 0 Å². The Bertz CT molecular complexity index is 1200. The molecule has 0 spiro atoms. The number of pyridine rings is 1. The number of rotatable bonds is 4. The van der Waals surface area contributed by atoms with E-state index in [0.29, 0.717) is 35.7 Å². The maximum atomic E-state index is 14.5. The number of fused-ring (bicyclic) bond motifs is 1. The van der Waals surface area contributed by atoms with Crippen LogP contribution in [0.4, 0.5) is 15.8 Å². The van der Waals surface area contributed by atoms with Gasteiger partial charge in [-0.3, -0.25) is 9.78 Å². The molecule has 2 heterocycles. The summed E-state index contributed by atoms with van der Waals surface area (Å²) < 4.78 is 14.5. The summed E-state index contributed by atoms with van der Waals surface area (Å²) in [4.78, 5) is 20.6. The van der Waals surface area contributed by atoms with Crippen molar-refractivity contribution in [1.82, 2.24) is 9.88 Å². The molecule has 0 saturated carbocycles. The van der Waals surface area contributed by atoms with Crippen LogP contribution in [0.15, 0.2) is 49.2 Å². The van der Waals surface area contributed by atoms with E-state index in [2.05, 4.69) is 28.7 Å². The smallest absolute Gasteiger partial charge is 0.246 e. The molecule has 1 aromatic heterocycles. The van der Waals surface area contributed by atoms with E-state index in [1.807, 2.05) is 7.05 Å². The molecule has 2 aromatic carbocycles. The second kappa shape index (κ2) is 8.67. The summed E-state index contributed by atoms with van der Waals surface area (Å²) in [6, 6.07) is 7.64. The maximum Gasteiger partial charge on any atom is 0.246 e. The van der Waals surface area contributed by atoms with Gasteiger partial charge in [0.2, 0.25) is 5.91 Å². The molecular weight excluding hydrogens is 431 g/mol. The second-order valence-corrected chi connectivity index (χ2v) is 8.19. The topological polar surface area (TPSA) is 68.7 Å². The van der Waals surface area contributed by atoms with Crippen LogP contribution >= 0.6 is 11.6 Å². The summed E-state index contributed by atoms with van der Waals surface area (Å²) in [7, 11) is 1.82. The first-order chi connectivity index (χ1) is 15.3. The molecule has 0 radical (unpaired) electrons. The minimum absolute atomic E-state index is 0.0411. The molecule has 0 bridgehead atoms. The van der Waals surface area contributed by atoms with Crippen LogP contribution in [-0.2, 0) is 4.79 Å². The highest BCUT2D eigenvalue weighted by atomic mass is 35.5. The molecule has 1 fully saturated rings. The summed E-state index contributed by atoms with van der Waals surface area (Å²) >= 11 is 6.60. The minimum Gasteiger partial charge on any atom is -0.507 e. The molecule has 32 heavy (non-hydrogen) atoms. The molecule has 2 N–H and O–H groups in total. The molecule has 1 saturated heterocycles. The van der Waals surface area contributed by atoms with Crippen molar-refractivity contribution in [3.63, 3.8) is 0 Å². The predicted octanol–water partition coefficient (Wildman–Crippen LogP) is 4.66. The number of phenols is 1. The average Bonchev–Trinajstić information content (AvgIpc) is 2.78. The molecule has 0 aliphatic carbocycles. The number of halogens is 2. The van der Waals surface area contributed by atoms with E-state index in [0.717, 1.165) is 16.8 Å². The number of hydrogen-bond donors (Lipinski definition) is 2. The van der Waals surface area contributed by atoms with Crippen molar-refractivity contribution in [2.45, 2.75) is 13.0 Å². The highest BCUT2D eigenvalue weighted by molar-refractivity contribution is 6.34. The van der Waals surface area contributed by atoms with Gasteiger partial charge in [0.25, 0.3) is 0 Å². The van der Waals surface area contributed by atoms with Crippen LogP contribution < -0.4 is 10.2 Å². The monoisotopic (exact) mass is 454 g/mol. The molecule has 1 atom stereocenters. The zero-order valence-electron chi connectivity index (χ0n) is 17.9. The number of hydrogen-bond acceptors (Lipinski definition) is 5. The summed E-state index contributed by atoms with van der Waals surface area (Å²) in [6.07, 6.45) is 3.06. The van der Waals surface area contributed by atoms with Crippen molar-refractivity contribution in [2.75, 3.05) is 36.9 Å². The third-order valence-electron chi connectivity index (χ3n) is 5.86. The van der Waals surface area contributed by atoms with Gasteiger partial charge in [-0.05, 0) is 37.3 Å². The SMILES string of the molecule is C=CC(=O)N1CCN(c2c(NC)cnc3cc(-c4c(O)cccc4F)c(Cl)cc23)[C@@H](C)C1. The van der Waals surface area contributed by atoms with E-state index in [-0.39, 0.29) is 23.3 Å². The van der Waals surface area contributed by atoms with E-state index in [1.165, 1.54) is 24.3 Å². The van der Waals surface area contributed by atoms with Gasteiger partial charge in [0, 0.05) is 48.7 Å². The zero-order chi connectivity index (χ0) is 23.0. The van der Waals surface area contributed by atoms with Crippen molar-refractivity contribution < 1.29 is 14.3 Å². The molecule has 6 nitrogen and oxygen atoms in total. The van der Waals surface area contributed by atoms with Crippen molar-refractivity contribution in [3.8, 4) is 16.9 Å². The number of aromatic hydroxyl groups is 1. The number of carbonyl (C=O) groups excluding carboxylic acids is 1. The molecule has 1 aliphatic heterocycles. The Morgan fingerprint density at radius 3 is 2.81 bits per heavy atom. The Morgan fingerprint density at radius 1 is 1.38 bits per heavy atom.